The quantitative estimate of drug-likeness (QED) is 0.846. The molecule has 0 aromatic heterocycles. The predicted octanol–water partition coefficient (Wildman–Crippen LogP) is 3.79. The molecule has 1 unspecified atom stereocenters. The number of halogens is 1. The van der Waals surface area contributed by atoms with Gasteiger partial charge in [0.2, 0.25) is 0 Å². The van der Waals surface area contributed by atoms with Crippen molar-refractivity contribution in [3.05, 3.63) is 29.6 Å². The van der Waals surface area contributed by atoms with E-state index >= 15 is 0 Å². The smallest absolute Gasteiger partial charge is 0.168 e. The first-order valence-electron chi connectivity index (χ1n) is 6.90. The van der Waals surface area contributed by atoms with Gasteiger partial charge in [-0.1, -0.05) is 19.1 Å². The summed E-state index contributed by atoms with van der Waals surface area (Å²) in [6.07, 6.45) is 1.78. The van der Waals surface area contributed by atoms with Crippen LogP contribution in [0, 0.1) is 11.7 Å². The molecule has 19 heavy (non-hydrogen) atoms. The molecule has 1 atom stereocenters. The van der Waals surface area contributed by atoms with Crippen molar-refractivity contribution >= 4 is 0 Å². The van der Waals surface area contributed by atoms with E-state index in [0.717, 1.165) is 24.9 Å². The molecule has 0 spiro atoms. The van der Waals surface area contributed by atoms with Crippen LogP contribution >= 0.6 is 0 Å². The Morgan fingerprint density at radius 2 is 2.00 bits per heavy atom. The molecule has 0 saturated heterocycles. The third-order valence-corrected chi connectivity index (χ3v) is 3.12. The summed E-state index contributed by atoms with van der Waals surface area (Å²) in [6.45, 7) is 9.57. The van der Waals surface area contributed by atoms with Gasteiger partial charge in [-0.3, -0.25) is 0 Å². The number of nitrogens with one attached hydrogen (secondary N) is 1. The molecule has 3 heteroatoms. The van der Waals surface area contributed by atoms with Crippen LogP contribution in [0.25, 0.3) is 0 Å². The van der Waals surface area contributed by atoms with E-state index in [9.17, 15) is 4.39 Å². The first kappa shape index (κ1) is 16.0. The average molecular weight is 267 g/mol. The van der Waals surface area contributed by atoms with Crippen LogP contribution in [0.4, 0.5) is 4.39 Å². The third kappa shape index (κ3) is 5.60. The zero-order chi connectivity index (χ0) is 14.5. The van der Waals surface area contributed by atoms with Gasteiger partial charge in [0.15, 0.2) is 11.6 Å². The Balaban J connectivity index is 2.51. The van der Waals surface area contributed by atoms with Crippen molar-refractivity contribution in [1.29, 1.82) is 0 Å². The van der Waals surface area contributed by atoms with Gasteiger partial charge in [0.1, 0.15) is 0 Å². The fraction of sp³-hybridized carbons (Fsp3) is 0.625. The number of benzene rings is 1. The largest absolute Gasteiger partial charge is 0.494 e. The molecule has 0 heterocycles. The normalized spacial score (nSPS) is 13.4. The van der Waals surface area contributed by atoms with Gasteiger partial charge in [-0.05, 0) is 57.7 Å². The highest BCUT2D eigenvalue weighted by atomic mass is 19.1. The van der Waals surface area contributed by atoms with E-state index in [2.05, 4.69) is 33.0 Å². The SMILES string of the molecule is COc1cccc(CC(C)CCNC(C)(C)C)c1F. The second-order valence-corrected chi connectivity index (χ2v) is 6.21. The minimum Gasteiger partial charge on any atom is -0.494 e. The molecular weight excluding hydrogens is 241 g/mol. The van der Waals surface area contributed by atoms with E-state index in [0.29, 0.717) is 11.7 Å². The molecule has 0 radical (unpaired) electrons. The van der Waals surface area contributed by atoms with Crippen molar-refractivity contribution < 1.29 is 9.13 Å². The lowest BCUT2D eigenvalue weighted by atomic mass is 9.97. The summed E-state index contributed by atoms with van der Waals surface area (Å²) < 4.78 is 19.0. The van der Waals surface area contributed by atoms with Gasteiger partial charge in [0.05, 0.1) is 7.11 Å². The first-order valence-corrected chi connectivity index (χ1v) is 6.90. The van der Waals surface area contributed by atoms with Gasteiger partial charge in [0, 0.05) is 5.54 Å². The number of hydrogen-bond donors (Lipinski definition) is 1. The molecule has 108 valence electrons. The van der Waals surface area contributed by atoms with Gasteiger partial charge in [0.25, 0.3) is 0 Å². The Labute approximate surface area is 116 Å². The van der Waals surface area contributed by atoms with Gasteiger partial charge < -0.3 is 10.1 Å². The van der Waals surface area contributed by atoms with Crippen LogP contribution in [-0.4, -0.2) is 19.2 Å². The number of hydrogen-bond acceptors (Lipinski definition) is 2. The number of ether oxygens (including phenoxy) is 1. The second-order valence-electron chi connectivity index (χ2n) is 6.21. The van der Waals surface area contributed by atoms with Crippen LogP contribution in [0.2, 0.25) is 0 Å². The van der Waals surface area contributed by atoms with Crippen molar-refractivity contribution in [3.8, 4) is 5.75 Å². The molecule has 2 nitrogen and oxygen atoms in total. The van der Waals surface area contributed by atoms with Crippen LogP contribution < -0.4 is 10.1 Å². The van der Waals surface area contributed by atoms with E-state index in [-0.39, 0.29) is 11.4 Å². The molecular formula is C16H26FNO. The molecule has 0 saturated carbocycles. The topological polar surface area (TPSA) is 21.3 Å². The van der Waals surface area contributed by atoms with E-state index < -0.39 is 0 Å². The van der Waals surface area contributed by atoms with Gasteiger partial charge in [-0.25, -0.2) is 4.39 Å². The fourth-order valence-electron chi connectivity index (χ4n) is 2.04. The van der Waals surface area contributed by atoms with E-state index in [1.807, 2.05) is 12.1 Å². The Morgan fingerprint density at radius 1 is 1.32 bits per heavy atom. The zero-order valence-corrected chi connectivity index (χ0v) is 12.7. The highest BCUT2D eigenvalue weighted by Crippen LogP contribution is 2.23. The molecule has 0 aliphatic carbocycles. The van der Waals surface area contributed by atoms with E-state index in [1.165, 1.54) is 7.11 Å². The summed E-state index contributed by atoms with van der Waals surface area (Å²) >= 11 is 0. The van der Waals surface area contributed by atoms with Crippen LogP contribution in [0.1, 0.15) is 39.7 Å². The van der Waals surface area contributed by atoms with Crippen LogP contribution in [-0.2, 0) is 6.42 Å². The summed E-state index contributed by atoms with van der Waals surface area (Å²) in [5.74, 6) is 0.551. The van der Waals surface area contributed by atoms with Crippen LogP contribution in [0.5, 0.6) is 5.75 Å². The van der Waals surface area contributed by atoms with Crippen molar-refractivity contribution in [2.45, 2.75) is 46.1 Å². The molecule has 1 aromatic carbocycles. The summed E-state index contributed by atoms with van der Waals surface area (Å²) in [5, 5.41) is 3.46. The highest BCUT2D eigenvalue weighted by Gasteiger charge is 2.13. The maximum atomic E-state index is 14.0. The average Bonchev–Trinajstić information content (AvgIpc) is 2.30. The molecule has 0 fully saturated rings. The van der Waals surface area contributed by atoms with E-state index in [1.54, 1.807) is 6.07 Å². The Morgan fingerprint density at radius 3 is 2.58 bits per heavy atom. The molecule has 0 bridgehead atoms. The van der Waals surface area contributed by atoms with Crippen molar-refractivity contribution in [3.63, 3.8) is 0 Å². The van der Waals surface area contributed by atoms with Gasteiger partial charge in [-0.2, -0.15) is 0 Å². The fourth-order valence-corrected chi connectivity index (χ4v) is 2.04. The van der Waals surface area contributed by atoms with Gasteiger partial charge in [-0.15, -0.1) is 0 Å². The standard InChI is InChI=1S/C16H26FNO/c1-12(9-10-18-16(2,3)4)11-13-7-6-8-14(19-5)15(13)17/h6-8,12,18H,9-11H2,1-5H3. The third-order valence-electron chi connectivity index (χ3n) is 3.12. The van der Waals surface area contributed by atoms with Crippen LogP contribution in [0.3, 0.4) is 0 Å². The molecule has 1 rings (SSSR count). The Kier molecular flexibility index (Phi) is 5.80. The van der Waals surface area contributed by atoms with Gasteiger partial charge >= 0.3 is 0 Å². The number of methoxy groups -OCH3 is 1. The summed E-state index contributed by atoms with van der Waals surface area (Å²) in [7, 11) is 1.50. The highest BCUT2D eigenvalue weighted by molar-refractivity contribution is 5.31. The molecule has 1 aromatic rings. The first-order chi connectivity index (χ1) is 8.83. The lowest BCUT2D eigenvalue weighted by Crippen LogP contribution is -2.37. The number of rotatable bonds is 6. The van der Waals surface area contributed by atoms with Crippen LogP contribution in [0.15, 0.2) is 18.2 Å². The second kappa shape index (κ2) is 6.90. The predicted molar refractivity (Wildman–Crippen MR) is 78.2 cm³/mol. The maximum absolute atomic E-state index is 14.0. The summed E-state index contributed by atoms with van der Waals surface area (Å²) in [6, 6.07) is 5.34. The molecule has 0 aliphatic rings. The molecule has 1 N–H and O–H groups in total. The van der Waals surface area contributed by atoms with Crippen molar-refractivity contribution in [1.82, 2.24) is 5.32 Å². The van der Waals surface area contributed by atoms with Crippen molar-refractivity contribution in [2.75, 3.05) is 13.7 Å². The minimum atomic E-state index is -0.222. The van der Waals surface area contributed by atoms with Crippen molar-refractivity contribution in [2.24, 2.45) is 5.92 Å². The lowest BCUT2D eigenvalue weighted by molar-refractivity contribution is 0.377. The summed E-state index contributed by atoms with van der Waals surface area (Å²) in [4.78, 5) is 0. The molecule has 0 aliphatic heterocycles. The Hall–Kier alpha value is -1.09. The monoisotopic (exact) mass is 267 g/mol. The lowest BCUT2D eigenvalue weighted by Gasteiger charge is -2.22. The van der Waals surface area contributed by atoms with E-state index in [4.69, 9.17) is 4.74 Å². The Bertz CT molecular complexity index is 398. The molecule has 0 amide bonds. The summed E-state index contributed by atoms with van der Waals surface area (Å²) in [5.41, 5.74) is 0.878. The minimum absolute atomic E-state index is 0.140. The maximum Gasteiger partial charge on any atom is 0.168 e. The zero-order valence-electron chi connectivity index (χ0n) is 12.7.